The van der Waals surface area contributed by atoms with E-state index in [2.05, 4.69) is 61.4 Å². The second kappa shape index (κ2) is 7.97. The van der Waals surface area contributed by atoms with Crippen molar-refractivity contribution in [2.75, 3.05) is 18.5 Å². The Morgan fingerprint density at radius 1 is 1.05 bits per heavy atom. The fourth-order valence-electron chi connectivity index (χ4n) is 2.47. The zero-order chi connectivity index (χ0) is 15.9. The van der Waals surface area contributed by atoms with Crippen molar-refractivity contribution in [3.05, 3.63) is 65.2 Å². The molecule has 1 unspecified atom stereocenters. The van der Waals surface area contributed by atoms with Gasteiger partial charge in [0.15, 0.2) is 0 Å². The normalized spacial score (nSPS) is 12.2. The number of hydrogen-bond acceptors (Lipinski definition) is 3. The van der Waals surface area contributed by atoms with E-state index in [1.807, 2.05) is 18.2 Å². The van der Waals surface area contributed by atoms with Gasteiger partial charge in [-0.2, -0.15) is 0 Å². The summed E-state index contributed by atoms with van der Waals surface area (Å²) in [6.45, 7) is 6.17. The third-order valence-electron chi connectivity index (χ3n) is 4.20. The van der Waals surface area contributed by atoms with Crippen LogP contribution in [0.5, 0.6) is 0 Å². The van der Waals surface area contributed by atoms with Gasteiger partial charge < -0.3 is 15.3 Å². The van der Waals surface area contributed by atoms with Crippen LogP contribution < -0.4 is 10.2 Å². The summed E-state index contributed by atoms with van der Waals surface area (Å²) < 4.78 is 0. The zero-order valence-electron chi connectivity index (χ0n) is 13.7. The molecule has 3 nitrogen and oxygen atoms in total. The molecule has 0 radical (unpaired) electrons. The predicted octanol–water partition coefficient (Wildman–Crippen LogP) is 3.49. The zero-order valence-corrected chi connectivity index (χ0v) is 13.7. The second-order valence-corrected chi connectivity index (χ2v) is 5.64. The van der Waals surface area contributed by atoms with Crippen LogP contribution in [0.15, 0.2) is 48.5 Å². The molecule has 0 aliphatic carbocycles. The smallest absolute Gasteiger partial charge is 0.0685 e. The summed E-state index contributed by atoms with van der Waals surface area (Å²) in [6, 6.07) is 17.0. The van der Waals surface area contributed by atoms with Crippen LogP contribution in [0.2, 0.25) is 0 Å². The summed E-state index contributed by atoms with van der Waals surface area (Å²) in [7, 11) is 2.10. The fourth-order valence-corrected chi connectivity index (χ4v) is 2.47. The van der Waals surface area contributed by atoms with Crippen molar-refractivity contribution in [2.45, 2.75) is 33.0 Å². The van der Waals surface area contributed by atoms with Crippen molar-refractivity contribution in [3.8, 4) is 0 Å². The lowest BCUT2D eigenvalue weighted by Gasteiger charge is -2.19. The Morgan fingerprint density at radius 3 is 2.27 bits per heavy atom. The predicted molar refractivity (Wildman–Crippen MR) is 93.0 cm³/mol. The monoisotopic (exact) mass is 298 g/mol. The van der Waals surface area contributed by atoms with Crippen molar-refractivity contribution in [2.24, 2.45) is 0 Å². The molecule has 0 amide bonds. The summed E-state index contributed by atoms with van der Waals surface area (Å²) >= 11 is 0. The maximum atomic E-state index is 9.37. The molecule has 0 aliphatic heterocycles. The molecular weight excluding hydrogens is 272 g/mol. The molecule has 0 saturated heterocycles. The standard InChI is InChI=1S/C19H26N2O/c1-4-21(3)19-11-9-16(10-12-19)15(2)20-13-17-7-5-6-8-18(17)14-22/h5-12,15,20,22H,4,13-14H2,1-3H3. The van der Waals surface area contributed by atoms with Crippen molar-refractivity contribution < 1.29 is 5.11 Å². The van der Waals surface area contributed by atoms with E-state index in [9.17, 15) is 5.11 Å². The second-order valence-electron chi connectivity index (χ2n) is 5.64. The lowest BCUT2D eigenvalue weighted by atomic mass is 10.1. The molecule has 22 heavy (non-hydrogen) atoms. The number of aliphatic hydroxyl groups is 1. The fraction of sp³-hybridized carbons (Fsp3) is 0.368. The first kappa shape index (κ1) is 16.5. The van der Waals surface area contributed by atoms with Gasteiger partial charge in [0.2, 0.25) is 0 Å². The first-order valence-corrected chi connectivity index (χ1v) is 7.87. The summed E-state index contributed by atoms with van der Waals surface area (Å²) in [5, 5.41) is 12.9. The van der Waals surface area contributed by atoms with Gasteiger partial charge in [-0.3, -0.25) is 0 Å². The SMILES string of the molecule is CCN(C)c1ccc(C(C)NCc2ccccc2CO)cc1. The van der Waals surface area contributed by atoms with Gasteiger partial charge in [0, 0.05) is 31.9 Å². The molecule has 0 aliphatic rings. The van der Waals surface area contributed by atoms with Gasteiger partial charge in [-0.15, -0.1) is 0 Å². The van der Waals surface area contributed by atoms with Crippen LogP contribution in [0.3, 0.4) is 0 Å². The molecule has 2 aromatic rings. The molecule has 2 rings (SSSR count). The van der Waals surface area contributed by atoms with Gasteiger partial charge in [0.1, 0.15) is 0 Å². The molecule has 0 bridgehead atoms. The van der Waals surface area contributed by atoms with Crippen LogP contribution in [-0.2, 0) is 13.2 Å². The highest BCUT2D eigenvalue weighted by Crippen LogP contribution is 2.19. The minimum absolute atomic E-state index is 0.0876. The highest BCUT2D eigenvalue weighted by atomic mass is 16.3. The van der Waals surface area contributed by atoms with Gasteiger partial charge >= 0.3 is 0 Å². The highest BCUT2D eigenvalue weighted by molar-refractivity contribution is 5.47. The van der Waals surface area contributed by atoms with Gasteiger partial charge in [-0.25, -0.2) is 0 Å². The van der Waals surface area contributed by atoms with Crippen LogP contribution in [0.1, 0.15) is 36.6 Å². The molecule has 0 aromatic heterocycles. The first-order chi connectivity index (χ1) is 10.7. The third-order valence-corrected chi connectivity index (χ3v) is 4.20. The Balaban J connectivity index is 1.98. The van der Waals surface area contributed by atoms with Crippen LogP contribution in [0, 0.1) is 0 Å². The Kier molecular flexibility index (Phi) is 5.99. The minimum atomic E-state index is 0.0876. The molecule has 0 heterocycles. The van der Waals surface area contributed by atoms with Gasteiger partial charge in [-0.05, 0) is 42.7 Å². The van der Waals surface area contributed by atoms with Crippen LogP contribution in [0.25, 0.3) is 0 Å². The van der Waals surface area contributed by atoms with Crippen LogP contribution in [-0.4, -0.2) is 18.7 Å². The van der Waals surface area contributed by atoms with Gasteiger partial charge in [0.25, 0.3) is 0 Å². The number of hydrogen-bond donors (Lipinski definition) is 2. The molecule has 0 fully saturated rings. The lowest BCUT2D eigenvalue weighted by Crippen LogP contribution is -2.19. The Hall–Kier alpha value is -1.84. The van der Waals surface area contributed by atoms with Gasteiger partial charge in [-0.1, -0.05) is 36.4 Å². The maximum absolute atomic E-state index is 9.37. The van der Waals surface area contributed by atoms with E-state index >= 15 is 0 Å². The summed E-state index contributed by atoms with van der Waals surface area (Å²) in [5.41, 5.74) is 4.65. The van der Waals surface area contributed by atoms with Crippen molar-refractivity contribution in [3.63, 3.8) is 0 Å². The van der Waals surface area contributed by atoms with E-state index < -0.39 is 0 Å². The topological polar surface area (TPSA) is 35.5 Å². The Labute approximate surface area is 133 Å². The van der Waals surface area contributed by atoms with E-state index in [0.717, 1.165) is 24.2 Å². The molecule has 2 aromatic carbocycles. The van der Waals surface area contributed by atoms with E-state index in [1.54, 1.807) is 0 Å². The molecule has 2 N–H and O–H groups in total. The third kappa shape index (κ3) is 4.09. The van der Waals surface area contributed by atoms with E-state index in [1.165, 1.54) is 11.3 Å². The van der Waals surface area contributed by atoms with E-state index in [4.69, 9.17) is 0 Å². The first-order valence-electron chi connectivity index (χ1n) is 7.87. The average molecular weight is 298 g/mol. The van der Waals surface area contributed by atoms with Crippen molar-refractivity contribution in [1.29, 1.82) is 0 Å². The number of nitrogens with one attached hydrogen (secondary N) is 1. The Morgan fingerprint density at radius 2 is 1.68 bits per heavy atom. The van der Waals surface area contributed by atoms with Crippen LogP contribution in [0.4, 0.5) is 5.69 Å². The molecule has 0 saturated carbocycles. The highest BCUT2D eigenvalue weighted by Gasteiger charge is 2.07. The van der Waals surface area contributed by atoms with Crippen molar-refractivity contribution >= 4 is 5.69 Å². The summed E-state index contributed by atoms with van der Waals surface area (Å²) in [5.74, 6) is 0. The molecular formula is C19H26N2O. The average Bonchev–Trinajstić information content (AvgIpc) is 2.59. The molecule has 1 atom stereocenters. The minimum Gasteiger partial charge on any atom is -0.392 e. The number of benzene rings is 2. The quantitative estimate of drug-likeness (QED) is 0.821. The number of anilines is 1. The molecule has 118 valence electrons. The lowest BCUT2D eigenvalue weighted by molar-refractivity contribution is 0.280. The van der Waals surface area contributed by atoms with Crippen molar-refractivity contribution in [1.82, 2.24) is 5.32 Å². The molecule has 0 spiro atoms. The van der Waals surface area contributed by atoms with Gasteiger partial charge in [0.05, 0.1) is 6.61 Å². The van der Waals surface area contributed by atoms with E-state index in [-0.39, 0.29) is 12.6 Å². The largest absolute Gasteiger partial charge is 0.392 e. The summed E-state index contributed by atoms with van der Waals surface area (Å²) in [6.07, 6.45) is 0. The summed E-state index contributed by atoms with van der Waals surface area (Å²) in [4.78, 5) is 2.22. The molecule has 3 heteroatoms. The van der Waals surface area contributed by atoms with E-state index in [0.29, 0.717) is 0 Å². The maximum Gasteiger partial charge on any atom is 0.0685 e. The number of nitrogens with zero attached hydrogens (tertiary/aromatic N) is 1. The number of rotatable bonds is 7. The Bertz CT molecular complexity index is 580. The number of aliphatic hydroxyl groups excluding tert-OH is 1. The van der Waals surface area contributed by atoms with Crippen LogP contribution >= 0.6 is 0 Å².